The molecule has 2 amide bonds. The number of carbonyl (C=O) groups excluding carboxylic acids is 4. The Labute approximate surface area is 152 Å². The molecular formula is C18H24N2O6. The number of hydrogen-bond acceptors (Lipinski definition) is 6. The Balaban J connectivity index is 2.73. The molecule has 0 radical (unpaired) electrons. The first-order chi connectivity index (χ1) is 12.0. The van der Waals surface area contributed by atoms with Gasteiger partial charge in [0.05, 0.1) is 11.1 Å². The normalized spacial score (nSPS) is 12.5. The summed E-state index contributed by atoms with van der Waals surface area (Å²) in [6.07, 6.45) is -1.83. The summed E-state index contributed by atoms with van der Waals surface area (Å²) in [6, 6.07) is 5.57. The molecule has 0 unspecified atom stereocenters. The quantitative estimate of drug-likeness (QED) is 0.698. The number of amides is 2. The average Bonchev–Trinajstić information content (AvgIpc) is 2.59. The van der Waals surface area contributed by atoms with Gasteiger partial charge in [-0.25, -0.2) is 9.59 Å². The molecule has 1 aromatic carbocycles. The van der Waals surface area contributed by atoms with Crippen LogP contribution in [-0.4, -0.2) is 74.0 Å². The lowest BCUT2D eigenvalue weighted by Gasteiger charge is -2.18. The molecule has 0 aliphatic rings. The lowest BCUT2D eigenvalue weighted by atomic mass is 10.1. The number of likely N-dealkylation sites (N-methyl/N-ethyl adjacent to an activating group) is 2. The van der Waals surface area contributed by atoms with E-state index in [2.05, 4.69) is 0 Å². The van der Waals surface area contributed by atoms with Gasteiger partial charge < -0.3 is 19.3 Å². The second-order valence-corrected chi connectivity index (χ2v) is 6.14. The number of benzene rings is 1. The first-order valence-electron chi connectivity index (χ1n) is 7.99. The van der Waals surface area contributed by atoms with Gasteiger partial charge in [0.25, 0.3) is 11.8 Å². The lowest BCUT2D eigenvalue weighted by Crippen LogP contribution is -2.35. The van der Waals surface area contributed by atoms with Crippen molar-refractivity contribution < 1.29 is 28.7 Å². The molecule has 0 aliphatic carbocycles. The van der Waals surface area contributed by atoms with Crippen LogP contribution < -0.4 is 0 Å². The zero-order chi connectivity index (χ0) is 20.0. The molecular weight excluding hydrogens is 340 g/mol. The van der Waals surface area contributed by atoms with Crippen LogP contribution in [0, 0.1) is 0 Å². The Bertz CT molecular complexity index is 622. The van der Waals surface area contributed by atoms with Gasteiger partial charge in [-0.05, 0) is 38.1 Å². The van der Waals surface area contributed by atoms with E-state index in [9.17, 15) is 19.2 Å². The maximum atomic E-state index is 12.0. The number of esters is 2. The van der Waals surface area contributed by atoms with Crippen LogP contribution in [0.25, 0.3) is 0 Å². The van der Waals surface area contributed by atoms with Gasteiger partial charge in [0, 0.05) is 28.2 Å². The third-order valence-corrected chi connectivity index (χ3v) is 3.50. The van der Waals surface area contributed by atoms with E-state index in [1.165, 1.54) is 47.9 Å². The van der Waals surface area contributed by atoms with Gasteiger partial charge in [0.1, 0.15) is 0 Å². The van der Waals surface area contributed by atoms with Crippen LogP contribution in [-0.2, 0) is 19.1 Å². The second kappa shape index (κ2) is 8.98. The molecule has 0 bridgehead atoms. The maximum Gasteiger partial charge on any atom is 0.338 e. The summed E-state index contributed by atoms with van der Waals surface area (Å²) in [4.78, 5) is 50.2. The van der Waals surface area contributed by atoms with Crippen molar-refractivity contribution in [3.05, 3.63) is 35.4 Å². The van der Waals surface area contributed by atoms with E-state index >= 15 is 0 Å². The predicted molar refractivity (Wildman–Crippen MR) is 93.6 cm³/mol. The Morgan fingerprint density at radius 1 is 0.692 bits per heavy atom. The Morgan fingerprint density at radius 2 is 0.962 bits per heavy atom. The molecule has 0 saturated heterocycles. The van der Waals surface area contributed by atoms with E-state index in [4.69, 9.17) is 9.47 Å². The van der Waals surface area contributed by atoms with Crippen LogP contribution >= 0.6 is 0 Å². The summed E-state index contributed by atoms with van der Waals surface area (Å²) in [5, 5.41) is 0. The largest absolute Gasteiger partial charge is 0.449 e. The van der Waals surface area contributed by atoms with Crippen molar-refractivity contribution in [1.29, 1.82) is 0 Å². The first-order valence-corrected chi connectivity index (χ1v) is 7.99. The third-order valence-electron chi connectivity index (χ3n) is 3.50. The fourth-order valence-electron chi connectivity index (χ4n) is 2.03. The van der Waals surface area contributed by atoms with Crippen molar-refractivity contribution in [3.8, 4) is 0 Å². The first kappa shape index (κ1) is 21.1. The van der Waals surface area contributed by atoms with Crippen molar-refractivity contribution in [2.45, 2.75) is 26.1 Å². The van der Waals surface area contributed by atoms with Gasteiger partial charge in [0.15, 0.2) is 12.2 Å². The Kier molecular flexibility index (Phi) is 7.30. The highest BCUT2D eigenvalue weighted by Gasteiger charge is 2.22. The minimum Gasteiger partial charge on any atom is -0.449 e. The van der Waals surface area contributed by atoms with E-state index in [1.54, 1.807) is 28.2 Å². The topological polar surface area (TPSA) is 93.2 Å². The summed E-state index contributed by atoms with van der Waals surface area (Å²) in [7, 11) is 6.26. The molecule has 0 heterocycles. The molecule has 1 aromatic rings. The number of carbonyl (C=O) groups is 4. The molecule has 0 fully saturated rings. The van der Waals surface area contributed by atoms with E-state index < -0.39 is 24.1 Å². The summed E-state index contributed by atoms with van der Waals surface area (Å²) < 4.78 is 10.2. The smallest absolute Gasteiger partial charge is 0.338 e. The van der Waals surface area contributed by atoms with E-state index in [0.717, 1.165) is 0 Å². The molecule has 0 aromatic heterocycles. The molecule has 1 rings (SSSR count). The van der Waals surface area contributed by atoms with Crippen LogP contribution in [0.4, 0.5) is 0 Å². The molecule has 142 valence electrons. The van der Waals surface area contributed by atoms with Crippen molar-refractivity contribution in [2.24, 2.45) is 0 Å². The highest BCUT2D eigenvalue weighted by Crippen LogP contribution is 2.11. The summed E-state index contributed by atoms with van der Waals surface area (Å²) in [6.45, 7) is 2.96. The zero-order valence-corrected chi connectivity index (χ0v) is 15.8. The fraction of sp³-hybridized carbons (Fsp3) is 0.444. The van der Waals surface area contributed by atoms with Crippen molar-refractivity contribution in [3.63, 3.8) is 0 Å². The van der Waals surface area contributed by atoms with Crippen molar-refractivity contribution in [1.82, 2.24) is 9.80 Å². The lowest BCUT2D eigenvalue weighted by molar-refractivity contribution is -0.137. The molecule has 8 nitrogen and oxygen atoms in total. The Hall–Kier alpha value is -2.90. The van der Waals surface area contributed by atoms with Crippen LogP contribution in [0.1, 0.15) is 34.6 Å². The minimum absolute atomic E-state index is 0.192. The maximum absolute atomic E-state index is 12.0. The van der Waals surface area contributed by atoms with E-state index in [0.29, 0.717) is 0 Å². The predicted octanol–water partition coefficient (Wildman–Crippen LogP) is 0.954. The highest BCUT2D eigenvalue weighted by molar-refractivity contribution is 5.95. The minimum atomic E-state index is -0.917. The van der Waals surface area contributed by atoms with Crippen molar-refractivity contribution in [2.75, 3.05) is 28.2 Å². The molecule has 0 spiro atoms. The van der Waals surface area contributed by atoms with Gasteiger partial charge >= 0.3 is 11.9 Å². The van der Waals surface area contributed by atoms with Crippen LogP contribution in [0.3, 0.4) is 0 Å². The zero-order valence-electron chi connectivity index (χ0n) is 15.8. The molecule has 0 N–H and O–H groups in total. The monoisotopic (exact) mass is 364 g/mol. The summed E-state index contributed by atoms with van der Waals surface area (Å²) in [5.74, 6) is -2.02. The number of rotatable bonds is 6. The molecule has 26 heavy (non-hydrogen) atoms. The van der Waals surface area contributed by atoms with Crippen LogP contribution in [0.2, 0.25) is 0 Å². The van der Waals surface area contributed by atoms with Crippen LogP contribution in [0.5, 0.6) is 0 Å². The number of hydrogen-bond donors (Lipinski definition) is 0. The van der Waals surface area contributed by atoms with E-state index in [-0.39, 0.29) is 22.9 Å². The summed E-state index contributed by atoms with van der Waals surface area (Å²) >= 11 is 0. The fourth-order valence-corrected chi connectivity index (χ4v) is 2.03. The second-order valence-electron chi connectivity index (χ2n) is 6.14. The Morgan fingerprint density at radius 3 is 1.19 bits per heavy atom. The van der Waals surface area contributed by atoms with Gasteiger partial charge in [-0.1, -0.05) is 0 Å². The number of ether oxygens (including phenoxy) is 2. The van der Waals surface area contributed by atoms with Gasteiger partial charge in [0.2, 0.25) is 0 Å². The average molecular weight is 364 g/mol. The SMILES string of the molecule is C[C@H](OC(=O)c1ccc(C(=O)O[C@H](C)C(=O)N(C)C)cc1)C(=O)N(C)C. The van der Waals surface area contributed by atoms with Gasteiger partial charge in [-0.3, -0.25) is 9.59 Å². The number of nitrogens with zero attached hydrogens (tertiary/aromatic N) is 2. The van der Waals surface area contributed by atoms with Gasteiger partial charge in [-0.2, -0.15) is 0 Å². The molecule has 8 heteroatoms. The van der Waals surface area contributed by atoms with E-state index in [1.807, 2.05) is 0 Å². The standard InChI is InChI=1S/C18H24N2O6/c1-11(15(21)19(3)4)25-17(23)13-7-9-14(10-8-13)18(24)26-12(2)16(22)20(5)6/h7-12H,1-6H3/t11-,12+. The molecule has 2 atom stereocenters. The van der Waals surface area contributed by atoms with Crippen molar-refractivity contribution >= 4 is 23.8 Å². The van der Waals surface area contributed by atoms with Gasteiger partial charge in [-0.15, -0.1) is 0 Å². The summed E-state index contributed by atoms with van der Waals surface area (Å²) in [5.41, 5.74) is 0.384. The molecule has 0 aliphatic heterocycles. The van der Waals surface area contributed by atoms with Crippen LogP contribution in [0.15, 0.2) is 24.3 Å². The molecule has 0 saturated carbocycles. The third kappa shape index (κ3) is 5.58. The highest BCUT2D eigenvalue weighted by atomic mass is 16.6.